The highest BCUT2D eigenvalue weighted by Crippen LogP contribution is 2.59. The van der Waals surface area contributed by atoms with Gasteiger partial charge in [-0.25, -0.2) is 0 Å². The van der Waals surface area contributed by atoms with Gasteiger partial charge in [0.2, 0.25) is 5.82 Å². The number of benzene rings is 5. The Morgan fingerprint density at radius 3 is 2.12 bits per heavy atom. The largest absolute Gasteiger partial charge is 0.497 e. The van der Waals surface area contributed by atoms with E-state index in [0.29, 0.717) is 17.1 Å². The molecule has 1 aliphatic heterocycles. The van der Waals surface area contributed by atoms with E-state index in [1.165, 1.54) is 16.7 Å². The van der Waals surface area contributed by atoms with E-state index in [0.717, 1.165) is 44.5 Å². The quantitative estimate of drug-likeness (QED) is 0.162. The summed E-state index contributed by atoms with van der Waals surface area (Å²) in [6.07, 6.45) is 4.30. The van der Waals surface area contributed by atoms with E-state index < -0.39 is 5.60 Å². The van der Waals surface area contributed by atoms with Crippen LogP contribution in [0.5, 0.6) is 23.0 Å². The van der Waals surface area contributed by atoms with Crippen LogP contribution in [-0.2, 0) is 11.0 Å². The standard InChI is InChI=1S/C42H31N5O4/c1-41(2)32-10-8-7-9-28(32)36-30-21-33(49-5)34(50-6)22-31(30)38-29(37(36)41)19-20-42(51-38,26-15-17-27(48-4)18-16-26)25-13-11-24(12-14-25)39-45-35(23-43)46-40(44-3)47-39/h7-22H,1-2,4-6H3. The number of methoxy groups -OCH3 is 3. The maximum atomic E-state index is 9.45. The first kappa shape index (κ1) is 31.6. The van der Waals surface area contributed by atoms with Crippen molar-refractivity contribution in [1.82, 2.24) is 15.0 Å². The van der Waals surface area contributed by atoms with Crippen molar-refractivity contribution in [3.05, 3.63) is 136 Å². The molecule has 2 aliphatic rings. The van der Waals surface area contributed by atoms with E-state index in [-0.39, 0.29) is 23.0 Å². The average molecular weight is 670 g/mol. The highest BCUT2D eigenvalue weighted by atomic mass is 16.5. The lowest BCUT2D eigenvalue weighted by Gasteiger charge is -2.38. The van der Waals surface area contributed by atoms with Crippen molar-refractivity contribution in [3.8, 4) is 51.6 Å². The molecule has 9 nitrogen and oxygen atoms in total. The summed E-state index contributed by atoms with van der Waals surface area (Å²) in [7, 11) is 4.93. The second-order valence-electron chi connectivity index (χ2n) is 12.9. The number of ether oxygens (including phenoxy) is 4. The zero-order valence-corrected chi connectivity index (χ0v) is 28.6. The van der Waals surface area contributed by atoms with Gasteiger partial charge in [-0.2, -0.15) is 10.2 Å². The van der Waals surface area contributed by atoms with Crippen LogP contribution in [0, 0.1) is 17.9 Å². The molecule has 0 spiro atoms. The molecule has 0 N–H and O–H groups in total. The molecule has 0 bridgehead atoms. The summed E-state index contributed by atoms with van der Waals surface area (Å²) >= 11 is 0. The molecule has 248 valence electrons. The number of hydrogen-bond acceptors (Lipinski definition) is 8. The third-order valence-corrected chi connectivity index (χ3v) is 9.96. The highest BCUT2D eigenvalue weighted by molar-refractivity contribution is 6.09. The predicted octanol–water partition coefficient (Wildman–Crippen LogP) is 8.80. The molecular weight excluding hydrogens is 638 g/mol. The summed E-state index contributed by atoms with van der Waals surface area (Å²) < 4.78 is 24.6. The summed E-state index contributed by atoms with van der Waals surface area (Å²) in [5, 5.41) is 11.4. The number of hydrogen-bond donors (Lipinski definition) is 0. The normalized spacial score (nSPS) is 16.2. The van der Waals surface area contributed by atoms with Gasteiger partial charge in [0.1, 0.15) is 11.5 Å². The van der Waals surface area contributed by atoms with Gasteiger partial charge in [-0.3, -0.25) is 0 Å². The van der Waals surface area contributed by atoms with Crippen molar-refractivity contribution < 1.29 is 18.9 Å². The topological polar surface area (TPSA) is 104 Å². The smallest absolute Gasteiger partial charge is 0.376 e. The van der Waals surface area contributed by atoms with E-state index >= 15 is 0 Å². The minimum atomic E-state index is -1.07. The first-order valence-electron chi connectivity index (χ1n) is 16.3. The molecule has 6 aromatic rings. The lowest BCUT2D eigenvalue weighted by Crippen LogP contribution is -2.35. The van der Waals surface area contributed by atoms with Crippen molar-refractivity contribution >= 4 is 22.8 Å². The summed E-state index contributed by atoms with van der Waals surface area (Å²) in [5.41, 5.74) is 6.77. The number of aromatic nitrogens is 3. The molecule has 2 heterocycles. The lowest BCUT2D eigenvalue weighted by atomic mass is 9.76. The van der Waals surface area contributed by atoms with E-state index in [2.05, 4.69) is 76.1 Å². The Bertz CT molecular complexity index is 2480. The van der Waals surface area contributed by atoms with Gasteiger partial charge in [0, 0.05) is 33.1 Å². The zero-order chi connectivity index (χ0) is 35.5. The van der Waals surface area contributed by atoms with Gasteiger partial charge in [0.25, 0.3) is 5.82 Å². The molecule has 0 saturated carbocycles. The van der Waals surface area contributed by atoms with Crippen LogP contribution in [-0.4, -0.2) is 36.3 Å². The fraction of sp³-hybridized carbons (Fsp3) is 0.167. The maximum absolute atomic E-state index is 9.45. The number of fused-ring (bicyclic) bond motifs is 8. The van der Waals surface area contributed by atoms with Crippen LogP contribution in [0.3, 0.4) is 0 Å². The molecule has 9 heteroatoms. The van der Waals surface area contributed by atoms with Crippen LogP contribution >= 0.6 is 0 Å². The summed E-state index contributed by atoms with van der Waals surface area (Å²) in [5.74, 6) is 2.68. The Morgan fingerprint density at radius 2 is 1.47 bits per heavy atom. The number of nitriles is 1. The van der Waals surface area contributed by atoms with E-state index in [1.807, 2.05) is 60.7 Å². The molecule has 1 atom stereocenters. The Hall–Kier alpha value is -6.71. The second kappa shape index (κ2) is 11.7. The van der Waals surface area contributed by atoms with Crippen LogP contribution < -0.4 is 18.9 Å². The summed E-state index contributed by atoms with van der Waals surface area (Å²) in [4.78, 5) is 15.7. The lowest BCUT2D eigenvalue weighted by molar-refractivity contribution is 0.163. The monoisotopic (exact) mass is 669 g/mol. The molecule has 0 radical (unpaired) electrons. The van der Waals surface area contributed by atoms with Crippen molar-refractivity contribution in [2.45, 2.75) is 24.9 Å². The van der Waals surface area contributed by atoms with Crippen LogP contribution in [0.15, 0.2) is 91.0 Å². The molecule has 0 fully saturated rings. The van der Waals surface area contributed by atoms with Gasteiger partial charge < -0.3 is 23.8 Å². The fourth-order valence-electron chi connectivity index (χ4n) is 7.55. The predicted molar refractivity (Wildman–Crippen MR) is 194 cm³/mol. The van der Waals surface area contributed by atoms with Crippen LogP contribution in [0.2, 0.25) is 0 Å². The Balaban J connectivity index is 1.38. The average Bonchev–Trinajstić information content (AvgIpc) is 3.43. The van der Waals surface area contributed by atoms with Crippen LogP contribution in [0.1, 0.15) is 47.5 Å². The molecule has 5 aromatic carbocycles. The molecule has 51 heavy (non-hydrogen) atoms. The van der Waals surface area contributed by atoms with E-state index in [9.17, 15) is 5.26 Å². The Labute approximate surface area is 295 Å². The van der Waals surface area contributed by atoms with Gasteiger partial charge in [-0.15, -0.1) is 16.5 Å². The SMILES string of the molecule is [C-]#[N+]c1nc(C#N)nc(-c2ccc(C3(c4ccc(OC)cc4)C=Cc4c5c(c6cc(OC)c(OC)cc6c4O3)-c3ccccc3C5(C)C)cc2)n1. The van der Waals surface area contributed by atoms with E-state index in [4.69, 9.17) is 25.5 Å². The first-order valence-corrected chi connectivity index (χ1v) is 16.3. The Morgan fingerprint density at radius 1 is 0.804 bits per heavy atom. The maximum Gasteiger partial charge on any atom is 0.376 e. The molecule has 1 aromatic heterocycles. The zero-order valence-electron chi connectivity index (χ0n) is 28.6. The van der Waals surface area contributed by atoms with Gasteiger partial charge >= 0.3 is 5.95 Å². The van der Waals surface area contributed by atoms with Gasteiger partial charge in [-0.05, 0) is 70.1 Å². The van der Waals surface area contributed by atoms with Crippen LogP contribution in [0.4, 0.5) is 5.95 Å². The molecule has 8 rings (SSSR count). The van der Waals surface area contributed by atoms with E-state index in [1.54, 1.807) is 21.3 Å². The first-order chi connectivity index (χ1) is 24.8. The minimum Gasteiger partial charge on any atom is -0.497 e. The molecule has 0 saturated heterocycles. The van der Waals surface area contributed by atoms with Crippen LogP contribution in [0.25, 0.3) is 44.2 Å². The van der Waals surface area contributed by atoms with Crippen molar-refractivity contribution in [3.63, 3.8) is 0 Å². The highest BCUT2D eigenvalue weighted by Gasteiger charge is 2.44. The summed E-state index contributed by atoms with van der Waals surface area (Å²) in [6.45, 7) is 11.9. The van der Waals surface area contributed by atoms with Crippen molar-refractivity contribution in [2.24, 2.45) is 0 Å². The van der Waals surface area contributed by atoms with Gasteiger partial charge in [0.05, 0.1) is 21.3 Å². The third-order valence-electron chi connectivity index (χ3n) is 9.96. The van der Waals surface area contributed by atoms with Crippen molar-refractivity contribution in [2.75, 3.05) is 21.3 Å². The summed E-state index contributed by atoms with van der Waals surface area (Å²) in [6, 6.07) is 30.1. The number of nitrogens with zero attached hydrogens (tertiary/aromatic N) is 5. The third kappa shape index (κ3) is 4.70. The Kier molecular flexibility index (Phi) is 7.25. The molecule has 1 unspecified atom stereocenters. The van der Waals surface area contributed by atoms with Crippen molar-refractivity contribution in [1.29, 1.82) is 5.26 Å². The molecule has 0 amide bonds. The van der Waals surface area contributed by atoms with Gasteiger partial charge in [0.15, 0.2) is 23.2 Å². The molecular formula is C42H31N5O4. The second-order valence-corrected chi connectivity index (χ2v) is 12.9. The molecule has 1 aliphatic carbocycles. The fourth-order valence-corrected chi connectivity index (χ4v) is 7.55. The minimum absolute atomic E-state index is 0.114. The number of rotatable bonds is 6. The van der Waals surface area contributed by atoms with Gasteiger partial charge in [-0.1, -0.05) is 68.5 Å².